The summed E-state index contributed by atoms with van der Waals surface area (Å²) in [5, 5.41) is 13.8. The van der Waals surface area contributed by atoms with Gasteiger partial charge in [-0.05, 0) is 70.0 Å². The summed E-state index contributed by atoms with van der Waals surface area (Å²) in [5.74, 6) is 0. The number of hydrogen-bond acceptors (Lipinski definition) is 5. The summed E-state index contributed by atoms with van der Waals surface area (Å²) >= 11 is 4.98. The van der Waals surface area contributed by atoms with Gasteiger partial charge in [-0.15, -0.1) is 5.10 Å². The van der Waals surface area contributed by atoms with Crippen molar-refractivity contribution in [2.24, 2.45) is 0 Å². The Bertz CT molecular complexity index is 579. The summed E-state index contributed by atoms with van der Waals surface area (Å²) in [7, 11) is 0. The Morgan fingerprint density at radius 2 is 2.11 bits per heavy atom. The lowest BCUT2D eigenvalue weighted by Crippen LogP contribution is -2.08. The molecule has 0 bridgehead atoms. The molecule has 0 N–H and O–H groups in total. The molecule has 0 atom stereocenters. The lowest BCUT2D eigenvalue weighted by Gasteiger charge is -2.10. The van der Waals surface area contributed by atoms with Crippen molar-refractivity contribution in [1.29, 1.82) is 0 Å². The summed E-state index contributed by atoms with van der Waals surface area (Å²) in [6, 6.07) is 4.44. The fourth-order valence-corrected chi connectivity index (χ4v) is 3.39. The normalized spacial score (nSPS) is 16.1. The zero-order chi connectivity index (χ0) is 13.2. The minimum absolute atomic E-state index is 0.453. The van der Waals surface area contributed by atoms with Crippen molar-refractivity contribution in [2.45, 2.75) is 48.8 Å². The predicted octanol–water partition coefficient (Wildman–Crippen LogP) is 3.41. The minimum atomic E-state index is 0.453. The molecule has 2 aromatic heterocycles. The van der Waals surface area contributed by atoms with E-state index in [0.717, 1.165) is 20.3 Å². The van der Waals surface area contributed by atoms with E-state index in [-0.39, 0.29) is 0 Å². The third kappa shape index (κ3) is 2.81. The number of tetrazole rings is 1. The van der Waals surface area contributed by atoms with Gasteiger partial charge in [0.15, 0.2) is 0 Å². The Morgan fingerprint density at radius 1 is 1.32 bits per heavy atom. The Labute approximate surface area is 124 Å². The van der Waals surface area contributed by atoms with Crippen LogP contribution in [0.4, 0.5) is 0 Å². The maximum Gasteiger partial charge on any atom is 0.215 e. The van der Waals surface area contributed by atoms with Crippen LogP contribution in [0, 0.1) is 6.92 Å². The number of hydrogen-bond donors (Lipinski definition) is 0. The molecule has 1 aliphatic rings. The van der Waals surface area contributed by atoms with Gasteiger partial charge in [0.2, 0.25) is 5.16 Å². The molecule has 0 aromatic carbocycles. The van der Waals surface area contributed by atoms with Gasteiger partial charge in [0, 0.05) is 4.47 Å². The van der Waals surface area contributed by atoms with Crippen molar-refractivity contribution in [3.05, 3.63) is 22.3 Å². The van der Waals surface area contributed by atoms with Gasteiger partial charge in [0.05, 0.1) is 11.7 Å². The predicted molar refractivity (Wildman–Crippen MR) is 76.1 cm³/mol. The van der Waals surface area contributed by atoms with Crippen LogP contribution in [0.3, 0.4) is 0 Å². The fourth-order valence-electron chi connectivity index (χ4n) is 2.30. The van der Waals surface area contributed by atoms with Crippen molar-refractivity contribution >= 4 is 27.7 Å². The highest BCUT2D eigenvalue weighted by Crippen LogP contribution is 2.33. The van der Waals surface area contributed by atoms with Crippen LogP contribution < -0.4 is 0 Å². The number of halogens is 1. The van der Waals surface area contributed by atoms with Gasteiger partial charge in [0.1, 0.15) is 5.03 Å². The third-order valence-corrected chi connectivity index (χ3v) is 5.05. The minimum Gasteiger partial charge on any atom is -0.245 e. The highest BCUT2D eigenvalue weighted by Gasteiger charge is 2.22. The lowest BCUT2D eigenvalue weighted by molar-refractivity contribution is 0.423. The molecule has 0 spiro atoms. The van der Waals surface area contributed by atoms with E-state index in [0.29, 0.717) is 6.04 Å². The van der Waals surface area contributed by atoms with E-state index in [2.05, 4.69) is 36.4 Å². The molecule has 2 heterocycles. The molecule has 2 aromatic rings. The first-order valence-corrected chi connectivity index (χ1v) is 7.94. The van der Waals surface area contributed by atoms with Crippen molar-refractivity contribution in [3.8, 4) is 0 Å². The Balaban J connectivity index is 1.83. The van der Waals surface area contributed by atoms with Crippen LogP contribution in [0.15, 0.2) is 26.8 Å². The van der Waals surface area contributed by atoms with E-state index < -0.39 is 0 Å². The van der Waals surface area contributed by atoms with E-state index >= 15 is 0 Å². The van der Waals surface area contributed by atoms with Gasteiger partial charge in [-0.3, -0.25) is 0 Å². The summed E-state index contributed by atoms with van der Waals surface area (Å²) in [6.07, 6.45) is 4.88. The number of pyridine rings is 1. The molecule has 1 fully saturated rings. The van der Waals surface area contributed by atoms with E-state index in [9.17, 15) is 0 Å². The van der Waals surface area contributed by atoms with Crippen LogP contribution >= 0.6 is 27.7 Å². The first-order chi connectivity index (χ1) is 9.24. The molecule has 0 unspecified atom stereocenters. The summed E-state index contributed by atoms with van der Waals surface area (Å²) in [5.41, 5.74) is 0.977. The van der Waals surface area contributed by atoms with Gasteiger partial charge in [-0.25, -0.2) is 9.67 Å². The molecular formula is C12H14BrN5S. The first kappa shape index (κ1) is 13.1. The summed E-state index contributed by atoms with van der Waals surface area (Å²) in [4.78, 5) is 4.52. The molecule has 0 saturated heterocycles. The van der Waals surface area contributed by atoms with Gasteiger partial charge in [-0.2, -0.15) is 0 Å². The third-order valence-electron chi connectivity index (χ3n) is 3.32. The molecule has 1 saturated carbocycles. The van der Waals surface area contributed by atoms with Crippen LogP contribution in [0.5, 0.6) is 0 Å². The molecule has 1 aliphatic carbocycles. The molecule has 0 aliphatic heterocycles. The van der Waals surface area contributed by atoms with Crippen molar-refractivity contribution in [3.63, 3.8) is 0 Å². The summed E-state index contributed by atoms with van der Waals surface area (Å²) in [6.45, 7) is 1.98. The molecule has 0 radical (unpaired) electrons. The quantitative estimate of drug-likeness (QED) is 0.857. The maximum atomic E-state index is 4.52. The molecule has 7 heteroatoms. The number of nitrogens with zero attached hydrogens (tertiary/aromatic N) is 5. The van der Waals surface area contributed by atoms with Gasteiger partial charge in [0.25, 0.3) is 0 Å². The van der Waals surface area contributed by atoms with Crippen LogP contribution in [0.25, 0.3) is 0 Å². The van der Waals surface area contributed by atoms with Crippen molar-refractivity contribution < 1.29 is 0 Å². The fraction of sp³-hybridized carbons (Fsp3) is 0.500. The van der Waals surface area contributed by atoms with Crippen LogP contribution in [-0.2, 0) is 0 Å². The molecule has 19 heavy (non-hydrogen) atoms. The smallest absolute Gasteiger partial charge is 0.215 e. The largest absolute Gasteiger partial charge is 0.245 e. The highest BCUT2D eigenvalue weighted by atomic mass is 79.9. The molecule has 5 nitrogen and oxygen atoms in total. The Hall–Kier alpha value is -0.950. The molecular weight excluding hydrogens is 326 g/mol. The summed E-state index contributed by atoms with van der Waals surface area (Å²) < 4.78 is 2.98. The average molecular weight is 340 g/mol. The topological polar surface area (TPSA) is 56.5 Å². The van der Waals surface area contributed by atoms with Crippen molar-refractivity contribution in [2.75, 3.05) is 0 Å². The van der Waals surface area contributed by atoms with E-state index in [1.165, 1.54) is 37.4 Å². The average Bonchev–Trinajstić information content (AvgIpc) is 3.04. The monoisotopic (exact) mass is 339 g/mol. The second-order valence-corrected chi connectivity index (χ2v) is 6.50. The zero-order valence-corrected chi connectivity index (χ0v) is 13.0. The van der Waals surface area contributed by atoms with Crippen LogP contribution in [0.1, 0.15) is 37.4 Å². The number of aromatic nitrogens is 5. The Kier molecular flexibility index (Phi) is 3.83. The maximum absolute atomic E-state index is 4.52. The standard InChI is InChI=1S/C12H14BrN5S/c1-8-10(13)6-7-11(14-8)19-12-15-16-17-18(12)9-4-2-3-5-9/h6-7,9H,2-5H2,1H3. The van der Waals surface area contributed by atoms with Gasteiger partial charge >= 0.3 is 0 Å². The van der Waals surface area contributed by atoms with Crippen LogP contribution in [0.2, 0.25) is 0 Å². The van der Waals surface area contributed by atoms with Gasteiger partial charge in [-0.1, -0.05) is 12.8 Å². The van der Waals surface area contributed by atoms with E-state index in [1.807, 2.05) is 23.7 Å². The van der Waals surface area contributed by atoms with Crippen molar-refractivity contribution in [1.82, 2.24) is 25.2 Å². The first-order valence-electron chi connectivity index (χ1n) is 6.33. The van der Waals surface area contributed by atoms with E-state index in [4.69, 9.17) is 0 Å². The SMILES string of the molecule is Cc1nc(Sc2nnnn2C2CCCC2)ccc1Br. The molecule has 100 valence electrons. The zero-order valence-electron chi connectivity index (χ0n) is 10.6. The second kappa shape index (κ2) is 5.58. The second-order valence-electron chi connectivity index (χ2n) is 4.66. The molecule has 0 amide bonds. The van der Waals surface area contributed by atoms with E-state index in [1.54, 1.807) is 0 Å². The molecule has 3 rings (SSSR count). The number of rotatable bonds is 3. The highest BCUT2D eigenvalue weighted by molar-refractivity contribution is 9.10. The number of aryl methyl sites for hydroxylation is 1. The Morgan fingerprint density at radius 3 is 2.84 bits per heavy atom. The van der Waals surface area contributed by atoms with Gasteiger partial charge < -0.3 is 0 Å². The lowest BCUT2D eigenvalue weighted by atomic mass is 10.3. The van der Waals surface area contributed by atoms with Crippen LogP contribution in [-0.4, -0.2) is 25.2 Å².